The van der Waals surface area contributed by atoms with Crippen LogP contribution in [0.15, 0.2) is 41.3 Å². The van der Waals surface area contributed by atoms with Gasteiger partial charge in [-0.15, -0.1) is 0 Å². The highest BCUT2D eigenvalue weighted by atomic mass is 32.2. The van der Waals surface area contributed by atoms with Crippen molar-refractivity contribution in [2.45, 2.75) is 18.2 Å². The Morgan fingerprint density at radius 2 is 1.94 bits per heavy atom. The second-order valence-electron chi connectivity index (χ2n) is 4.20. The monoisotopic (exact) mass is 264 g/mol. The van der Waals surface area contributed by atoms with Crippen LogP contribution in [0.2, 0.25) is 0 Å². The van der Waals surface area contributed by atoms with E-state index in [-0.39, 0.29) is 11.3 Å². The van der Waals surface area contributed by atoms with Crippen molar-refractivity contribution >= 4 is 10.0 Å². The van der Waals surface area contributed by atoms with Gasteiger partial charge in [-0.2, -0.15) is 9.57 Å². The second-order valence-corrected chi connectivity index (χ2v) is 6.24. The molecule has 18 heavy (non-hydrogen) atoms. The summed E-state index contributed by atoms with van der Waals surface area (Å²) in [5, 5.41) is 8.55. The van der Waals surface area contributed by atoms with Crippen molar-refractivity contribution in [3.05, 3.63) is 42.0 Å². The normalized spacial score (nSPS) is 11.2. The van der Waals surface area contributed by atoms with Gasteiger partial charge < -0.3 is 0 Å². The molecule has 0 atom stereocenters. The smallest absolute Gasteiger partial charge is 0.207 e. The van der Waals surface area contributed by atoms with E-state index >= 15 is 0 Å². The fourth-order valence-electron chi connectivity index (χ4n) is 1.52. The molecule has 0 amide bonds. The molecule has 96 valence electrons. The number of hydrogen-bond acceptors (Lipinski definition) is 3. The summed E-state index contributed by atoms with van der Waals surface area (Å²) in [4.78, 5) is 0.230. The molecule has 1 aromatic carbocycles. The van der Waals surface area contributed by atoms with Crippen LogP contribution in [-0.2, 0) is 16.4 Å². The van der Waals surface area contributed by atoms with E-state index in [1.165, 1.54) is 23.5 Å². The number of nitrogens with zero attached hydrogens (tertiary/aromatic N) is 2. The molecular formula is C13H16N2O2S. The van der Waals surface area contributed by atoms with Gasteiger partial charge in [-0.3, -0.25) is 0 Å². The van der Waals surface area contributed by atoms with E-state index in [0.29, 0.717) is 6.54 Å². The number of benzene rings is 1. The number of nitriles is 1. The number of rotatable bonds is 5. The van der Waals surface area contributed by atoms with Crippen LogP contribution in [0.4, 0.5) is 0 Å². The van der Waals surface area contributed by atoms with Crippen LogP contribution in [0.25, 0.3) is 0 Å². The van der Waals surface area contributed by atoms with E-state index < -0.39 is 10.0 Å². The molecule has 4 nitrogen and oxygen atoms in total. The van der Waals surface area contributed by atoms with E-state index in [1.807, 2.05) is 6.07 Å². The molecule has 1 rings (SSSR count). The minimum atomic E-state index is -3.48. The summed E-state index contributed by atoms with van der Waals surface area (Å²) in [5.41, 5.74) is 1.58. The van der Waals surface area contributed by atoms with Gasteiger partial charge in [0.05, 0.1) is 17.4 Å². The summed E-state index contributed by atoms with van der Waals surface area (Å²) in [5.74, 6) is 0. The van der Waals surface area contributed by atoms with Gasteiger partial charge in [0, 0.05) is 13.6 Å². The summed E-state index contributed by atoms with van der Waals surface area (Å²) in [6.07, 6.45) is 0.280. The largest absolute Gasteiger partial charge is 0.243 e. The Kier molecular flexibility index (Phi) is 4.65. The maximum Gasteiger partial charge on any atom is 0.243 e. The van der Waals surface area contributed by atoms with Crippen molar-refractivity contribution < 1.29 is 8.42 Å². The fourth-order valence-corrected chi connectivity index (χ4v) is 2.75. The highest BCUT2D eigenvalue weighted by Crippen LogP contribution is 2.16. The van der Waals surface area contributed by atoms with Gasteiger partial charge in [0.15, 0.2) is 0 Å². The van der Waals surface area contributed by atoms with E-state index in [4.69, 9.17) is 5.26 Å². The first kappa shape index (κ1) is 14.4. The zero-order chi connectivity index (χ0) is 13.8. The minimum absolute atomic E-state index is 0.230. The predicted octanol–water partition coefficient (Wildman–Crippen LogP) is 1.95. The first-order valence-corrected chi connectivity index (χ1v) is 6.88. The van der Waals surface area contributed by atoms with Crippen LogP contribution in [0.1, 0.15) is 12.5 Å². The molecule has 0 saturated heterocycles. The van der Waals surface area contributed by atoms with Gasteiger partial charge in [0.25, 0.3) is 0 Å². The van der Waals surface area contributed by atoms with Gasteiger partial charge in [-0.25, -0.2) is 8.42 Å². The van der Waals surface area contributed by atoms with Gasteiger partial charge >= 0.3 is 0 Å². The lowest BCUT2D eigenvalue weighted by Crippen LogP contribution is -2.28. The van der Waals surface area contributed by atoms with Crippen molar-refractivity contribution in [1.29, 1.82) is 5.26 Å². The molecule has 0 heterocycles. The molecule has 1 aromatic rings. The van der Waals surface area contributed by atoms with Crippen LogP contribution in [0.3, 0.4) is 0 Å². The lowest BCUT2D eigenvalue weighted by Gasteiger charge is -2.17. The maximum atomic E-state index is 12.2. The number of sulfonamides is 1. The van der Waals surface area contributed by atoms with Crippen LogP contribution < -0.4 is 0 Å². The minimum Gasteiger partial charge on any atom is -0.207 e. The molecule has 0 unspecified atom stereocenters. The quantitative estimate of drug-likeness (QED) is 0.764. The first-order chi connectivity index (χ1) is 8.37. The zero-order valence-electron chi connectivity index (χ0n) is 10.5. The van der Waals surface area contributed by atoms with Gasteiger partial charge in [0.2, 0.25) is 10.0 Å². The van der Waals surface area contributed by atoms with Gasteiger partial charge in [0.1, 0.15) is 0 Å². The van der Waals surface area contributed by atoms with Gasteiger partial charge in [-0.05, 0) is 24.6 Å². The van der Waals surface area contributed by atoms with Crippen molar-refractivity contribution in [1.82, 2.24) is 4.31 Å². The summed E-state index contributed by atoms with van der Waals surface area (Å²) >= 11 is 0. The topological polar surface area (TPSA) is 61.2 Å². The summed E-state index contributed by atoms with van der Waals surface area (Å²) in [6, 6.07) is 8.38. The zero-order valence-corrected chi connectivity index (χ0v) is 11.4. The Balaban J connectivity index is 2.99. The van der Waals surface area contributed by atoms with Crippen LogP contribution in [0.5, 0.6) is 0 Å². The summed E-state index contributed by atoms with van der Waals surface area (Å²) in [6.45, 7) is 5.77. The Morgan fingerprint density at radius 1 is 1.39 bits per heavy atom. The molecule has 0 aromatic heterocycles. The second kappa shape index (κ2) is 5.80. The average Bonchev–Trinajstić information content (AvgIpc) is 2.29. The van der Waals surface area contributed by atoms with Crippen molar-refractivity contribution in [3.63, 3.8) is 0 Å². The molecule has 0 bridgehead atoms. The van der Waals surface area contributed by atoms with Crippen LogP contribution in [-0.4, -0.2) is 26.3 Å². The van der Waals surface area contributed by atoms with E-state index in [2.05, 4.69) is 6.58 Å². The Bertz CT molecular complexity index is 568. The van der Waals surface area contributed by atoms with Gasteiger partial charge in [-0.1, -0.05) is 24.3 Å². The molecule has 0 radical (unpaired) electrons. The SMILES string of the molecule is C=C(C)CN(C)S(=O)(=O)c1ccc(CC#N)cc1. The maximum absolute atomic E-state index is 12.2. The van der Waals surface area contributed by atoms with Crippen LogP contribution >= 0.6 is 0 Å². The third-order valence-electron chi connectivity index (χ3n) is 2.41. The summed E-state index contributed by atoms with van der Waals surface area (Å²) in [7, 11) is -1.96. The molecule has 0 fully saturated rings. The van der Waals surface area contributed by atoms with E-state index in [0.717, 1.165) is 11.1 Å². The van der Waals surface area contributed by atoms with Crippen LogP contribution in [0, 0.1) is 11.3 Å². The fraction of sp³-hybridized carbons (Fsp3) is 0.308. The highest BCUT2D eigenvalue weighted by molar-refractivity contribution is 7.89. The lowest BCUT2D eigenvalue weighted by atomic mass is 10.2. The molecule has 0 aliphatic carbocycles. The Morgan fingerprint density at radius 3 is 2.39 bits per heavy atom. The molecule has 0 spiro atoms. The molecule has 0 aliphatic rings. The first-order valence-electron chi connectivity index (χ1n) is 5.44. The third-order valence-corrected chi connectivity index (χ3v) is 4.22. The average molecular weight is 264 g/mol. The summed E-state index contributed by atoms with van der Waals surface area (Å²) < 4.78 is 25.6. The van der Waals surface area contributed by atoms with Crippen molar-refractivity contribution in [2.24, 2.45) is 0 Å². The highest BCUT2D eigenvalue weighted by Gasteiger charge is 2.20. The third kappa shape index (κ3) is 3.42. The lowest BCUT2D eigenvalue weighted by molar-refractivity contribution is 0.493. The Hall–Kier alpha value is -1.64. The van der Waals surface area contributed by atoms with E-state index in [9.17, 15) is 8.42 Å². The molecule has 0 saturated carbocycles. The van der Waals surface area contributed by atoms with E-state index in [1.54, 1.807) is 19.1 Å². The molecular weight excluding hydrogens is 248 g/mol. The molecule has 0 aliphatic heterocycles. The number of hydrogen-bond donors (Lipinski definition) is 0. The van der Waals surface area contributed by atoms with Crippen molar-refractivity contribution in [2.75, 3.05) is 13.6 Å². The Labute approximate surface area is 108 Å². The van der Waals surface area contributed by atoms with Crippen molar-refractivity contribution in [3.8, 4) is 6.07 Å². The molecule has 5 heteroatoms. The molecule has 0 N–H and O–H groups in total. The predicted molar refractivity (Wildman–Crippen MR) is 70.4 cm³/mol. The standard InChI is InChI=1S/C13H16N2O2S/c1-11(2)10-15(3)18(16,17)13-6-4-12(5-7-13)8-9-14/h4-7H,1,8,10H2,2-3H3. The number of likely N-dealkylation sites (N-methyl/N-ethyl adjacent to an activating group) is 1.